The van der Waals surface area contributed by atoms with Crippen LogP contribution in [0.25, 0.3) is 0 Å². The molecule has 1 aromatic carbocycles. The Morgan fingerprint density at radius 3 is 2.34 bits per heavy atom. The number of carbonyl (C=O) groups excluding carboxylic acids is 2. The van der Waals surface area contributed by atoms with Gasteiger partial charge in [-0.15, -0.1) is 0 Å². The number of hydrogen-bond acceptors (Lipinski definition) is 5. The Labute approximate surface area is 170 Å². The Morgan fingerprint density at radius 2 is 1.62 bits per heavy atom. The zero-order valence-corrected chi connectivity index (χ0v) is 16.7. The molecule has 3 heterocycles. The van der Waals surface area contributed by atoms with Crippen molar-refractivity contribution < 1.29 is 14.3 Å². The molecule has 4 rings (SSSR count). The van der Waals surface area contributed by atoms with Crippen molar-refractivity contribution in [2.45, 2.75) is 6.92 Å². The van der Waals surface area contributed by atoms with Crippen LogP contribution in [0.15, 0.2) is 42.6 Å². The van der Waals surface area contributed by atoms with Crippen molar-refractivity contribution in [2.75, 3.05) is 57.4 Å². The van der Waals surface area contributed by atoms with Gasteiger partial charge >= 0.3 is 0 Å². The molecule has 2 saturated heterocycles. The van der Waals surface area contributed by atoms with Crippen LogP contribution in [0, 0.1) is 6.92 Å². The molecule has 0 unspecified atom stereocenters. The van der Waals surface area contributed by atoms with Crippen LogP contribution in [-0.2, 0) is 4.74 Å². The van der Waals surface area contributed by atoms with E-state index in [-0.39, 0.29) is 11.8 Å². The number of morpholine rings is 1. The summed E-state index contributed by atoms with van der Waals surface area (Å²) in [5.41, 5.74) is 3.26. The number of carbonyl (C=O) groups is 2. The zero-order chi connectivity index (χ0) is 20.2. The molecule has 1 aromatic heterocycles. The Bertz CT molecular complexity index is 887. The third-order valence-corrected chi connectivity index (χ3v) is 5.46. The number of hydrogen-bond donors (Lipinski definition) is 0. The minimum absolute atomic E-state index is 0.0488. The van der Waals surface area contributed by atoms with E-state index in [1.165, 1.54) is 11.3 Å². The van der Waals surface area contributed by atoms with E-state index in [2.05, 4.69) is 41.1 Å². The number of nitrogens with zero attached hydrogens (tertiary/aromatic N) is 4. The lowest BCUT2D eigenvalue weighted by atomic mass is 10.1. The predicted molar refractivity (Wildman–Crippen MR) is 110 cm³/mol. The van der Waals surface area contributed by atoms with Gasteiger partial charge in [0.2, 0.25) is 0 Å². The van der Waals surface area contributed by atoms with Crippen LogP contribution in [0.1, 0.15) is 26.4 Å². The van der Waals surface area contributed by atoms with Crippen LogP contribution in [0.4, 0.5) is 5.69 Å². The summed E-state index contributed by atoms with van der Waals surface area (Å²) in [6.07, 6.45) is 1.55. The van der Waals surface area contributed by atoms with Crippen molar-refractivity contribution in [1.82, 2.24) is 14.8 Å². The summed E-state index contributed by atoms with van der Waals surface area (Å²) in [7, 11) is 0. The molecule has 152 valence electrons. The molecule has 7 nitrogen and oxygen atoms in total. The third-order valence-electron chi connectivity index (χ3n) is 5.46. The molecule has 2 aliphatic rings. The normalized spacial score (nSPS) is 17.3. The SMILES string of the molecule is Cc1cccc(N2CCN(C(=O)c3ccnc(C(=O)N4CCOCC4)c3)CC2)c1. The van der Waals surface area contributed by atoms with Crippen molar-refractivity contribution in [1.29, 1.82) is 0 Å². The highest BCUT2D eigenvalue weighted by molar-refractivity contribution is 5.98. The van der Waals surface area contributed by atoms with Gasteiger partial charge in [0.1, 0.15) is 5.69 Å². The van der Waals surface area contributed by atoms with E-state index in [0.717, 1.165) is 13.1 Å². The van der Waals surface area contributed by atoms with Crippen LogP contribution in [0.3, 0.4) is 0 Å². The first-order valence-corrected chi connectivity index (χ1v) is 10.1. The first kappa shape index (κ1) is 19.4. The van der Waals surface area contributed by atoms with E-state index in [1.54, 1.807) is 23.2 Å². The van der Waals surface area contributed by atoms with Crippen molar-refractivity contribution in [3.8, 4) is 0 Å². The molecular weight excluding hydrogens is 368 g/mol. The van der Waals surface area contributed by atoms with Gasteiger partial charge in [0.05, 0.1) is 13.2 Å². The van der Waals surface area contributed by atoms with E-state index in [9.17, 15) is 9.59 Å². The minimum Gasteiger partial charge on any atom is -0.378 e. The van der Waals surface area contributed by atoms with Crippen LogP contribution < -0.4 is 4.90 Å². The molecule has 0 radical (unpaired) electrons. The fourth-order valence-electron chi connectivity index (χ4n) is 3.78. The summed E-state index contributed by atoms with van der Waals surface area (Å²) >= 11 is 0. The number of benzene rings is 1. The van der Waals surface area contributed by atoms with E-state index < -0.39 is 0 Å². The van der Waals surface area contributed by atoms with Gasteiger partial charge in [-0.25, -0.2) is 0 Å². The summed E-state index contributed by atoms with van der Waals surface area (Å²) in [6.45, 7) is 7.16. The standard InChI is InChI=1S/C22H26N4O3/c1-17-3-2-4-19(15-17)24-7-9-25(10-8-24)21(27)18-5-6-23-20(16-18)22(28)26-11-13-29-14-12-26/h2-6,15-16H,7-14H2,1H3. The molecule has 0 spiro atoms. The number of pyridine rings is 1. The van der Waals surface area contributed by atoms with Gasteiger partial charge in [-0.2, -0.15) is 0 Å². The number of ether oxygens (including phenoxy) is 1. The first-order chi connectivity index (χ1) is 14.1. The fourth-order valence-corrected chi connectivity index (χ4v) is 3.78. The quantitative estimate of drug-likeness (QED) is 0.795. The van der Waals surface area contributed by atoms with Crippen LogP contribution >= 0.6 is 0 Å². The first-order valence-electron chi connectivity index (χ1n) is 10.1. The topological polar surface area (TPSA) is 66.0 Å². The van der Waals surface area contributed by atoms with Crippen molar-refractivity contribution in [3.05, 3.63) is 59.4 Å². The molecule has 0 atom stereocenters. The Balaban J connectivity index is 1.40. The van der Waals surface area contributed by atoms with Crippen LogP contribution in [0.5, 0.6) is 0 Å². The zero-order valence-electron chi connectivity index (χ0n) is 16.7. The Hall–Kier alpha value is -2.93. The molecular formula is C22H26N4O3. The number of amides is 2. The molecule has 7 heteroatoms. The van der Waals surface area contributed by atoms with Gasteiger partial charge in [0.15, 0.2) is 0 Å². The largest absolute Gasteiger partial charge is 0.378 e. The third kappa shape index (κ3) is 4.40. The molecule has 2 amide bonds. The maximum Gasteiger partial charge on any atom is 0.272 e. The summed E-state index contributed by atoms with van der Waals surface area (Å²) in [4.78, 5) is 35.7. The predicted octanol–water partition coefficient (Wildman–Crippen LogP) is 1.82. The number of anilines is 1. The van der Waals surface area contributed by atoms with Gasteiger partial charge in [-0.1, -0.05) is 12.1 Å². The van der Waals surface area contributed by atoms with Crippen molar-refractivity contribution >= 4 is 17.5 Å². The molecule has 2 aromatic rings. The van der Waals surface area contributed by atoms with E-state index in [1.807, 2.05) is 4.90 Å². The molecule has 29 heavy (non-hydrogen) atoms. The lowest BCUT2D eigenvalue weighted by molar-refractivity contribution is 0.0299. The highest BCUT2D eigenvalue weighted by Crippen LogP contribution is 2.19. The van der Waals surface area contributed by atoms with Crippen LogP contribution in [-0.4, -0.2) is 79.1 Å². The van der Waals surface area contributed by atoms with Gasteiger partial charge in [0.25, 0.3) is 11.8 Å². The van der Waals surface area contributed by atoms with E-state index in [4.69, 9.17) is 4.74 Å². The van der Waals surface area contributed by atoms with Gasteiger partial charge in [-0.05, 0) is 36.8 Å². The molecule has 0 N–H and O–H groups in total. The monoisotopic (exact) mass is 394 g/mol. The second-order valence-electron chi connectivity index (χ2n) is 7.45. The summed E-state index contributed by atoms with van der Waals surface area (Å²) in [5, 5.41) is 0. The summed E-state index contributed by atoms with van der Waals surface area (Å²) in [6, 6.07) is 11.7. The number of aromatic nitrogens is 1. The Kier molecular flexibility index (Phi) is 5.76. The van der Waals surface area contributed by atoms with Crippen molar-refractivity contribution in [2.24, 2.45) is 0 Å². The minimum atomic E-state index is -0.146. The van der Waals surface area contributed by atoms with Crippen molar-refractivity contribution in [3.63, 3.8) is 0 Å². The lowest BCUT2D eigenvalue weighted by Crippen LogP contribution is -2.48. The maximum absolute atomic E-state index is 13.0. The lowest BCUT2D eigenvalue weighted by Gasteiger charge is -2.36. The number of piperazine rings is 1. The highest BCUT2D eigenvalue weighted by Gasteiger charge is 2.25. The Morgan fingerprint density at radius 1 is 0.897 bits per heavy atom. The maximum atomic E-state index is 13.0. The van der Waals surface area contributed by atoms with Gasteiger partial charge in [-0.3, -0.25) is 14.6 Å². The van der Waals surface area contributed by atoms with E-state index >= 15 is 0 Å². The van der Waals surface area contributed by atoms with E-state index in [0.29, 0.717) is 50.7 Å². The molecule has 0 aliphatic carbocycles. The highest BCUT2D eigenvalue weighted by atomic mass is 16.5. The second-order valence-corrected chi connectivity index (χ2v) is 7.45. The average molecular weight is 394 g/mol. The summed E-state index contributed by atoms with van der Waals surface area (Å²) in [5.74, 6) is -0.195. The summed E-state index contributed by atoms with van der Waals surface area (Å²) < 4.78 is 5.30. The molecule has 2 fully saturated rings. The number of aryl methyl sites for hydroxylation is 1. The fraction of sp³-hybridized carbons (Fsp3) is 0.409. The number of rotatable bonds is 3. The average Bonchev–Trinajstić information content (AvgIpc) is 2.79. The van der Waals surface area contributed by atoms with Crippen LogP contribution in [0.2, 0.25) is 0 Å². The van der Waals surface area contributed by atoms with Gasteiger partial charge in [0, 0.05) is 56.7 Å². The van der Waals surface area contributed by atoms with Gasteiger partial charge < -0.3 is 19.4 Å². The molecule has 0 bridgehead atoms. The molecule has 0 saturated carbocycles. The molecule has 2 aliphatic heterocycles. The second kappa shape index (κ2) is 8.61. The smallest absolute Gasteiger partial charge is 0.272 e.